The summed E-state index contributed by atoms with van der Waals surface area (Å²) in [5, 5.41) is 11.6. The molecule has 7 nitrogen and oxygen atoms in total. The van der Waals surface area contributed by atoms with Crippen LogP contribution in [-0.2, 0) is 11.3 Å². The van der Waals surface area contributed by atoms with Crippen LogP contribution in [0.4, 0.5) is 4.79 Å². The van der Waals surface area contributed by atoms with Crippen molar-refractivity contribution >= 4 is 11.7 Å². The molecule has 0 fully saturated rings. The second kappa shape index (κ2) is 7.39. The maximum atomic E-state index is 12.5. The van der Waals surface area contributed by atoms with Crippen LogP contribution in [0.5, 0.6) is 0 Å². The van der Waals surface area contributed by atoms with E-state index >= 15 is 0 Å². The fraction of sp³-hybridized carbons (Fsp3) is 0.611. The average Bonchev–Trinajstić information content (AvgIpc) is 2.87. The van der Waals surface area contributed by atoms with Gasteiger partial charge in [0.1, 0.15) is 5.60 Å². The van der Waals surface area contributed by atoms with Gasteiger partial charge in [0.25, 0.3) is 0 Å². The number of hydrogen-bond donors (Lipinski definition) is 1. The monoisotopic (exact) mass is 347 g/mol. The lowest BCUT2D eigenvalue weighted by atomic mass is 10.1. The number of fused-ring (bicyclic) bond motifs is 1. The SMILES string of the molecule is CC(C)(C)OC(=O)N(CCNCc1nnc2ccccn12)C(C)(C)C. The molecule has 0 spiro atoms. The van der Waals surface area contributed by atoms with Gasteiger partial charge >= 0.3 is 6.09 Å². The third kappa shape index (κ3) is 5.42. The van der Waals surface area contributed by atoms with Crippen LogP contribution >= 0.6 is 0 Å². The molecule has 2 aromatic heterocycles. The lowest BCUT2D eigenvalue weighted by molar-refractivity contribution is 0.00662. The molecule has 7 heteroatoms. The van der Waals surface area contributed by atoms with E-state index in [1.165, 1.54) is 0 Å². The summed E-state index contributed by atoms with van der Waals surface area (Å²) < 4.78 is 7.47. The summed E-state index contributed by atoms with van der Waals surface area (Å²) in [5.41, 5.74) is 0.00407. The zero-order valence-corrected chi connectivity index (χ0v) is 16.0. The first-order valence-electron chi connectivity index (χ1n) is 8.58. The Morgan fingerprint density at radius 3 is 2.56 bits per heavy atom. The normalized spacial score (nSPS) is 12.4. The first-order chi connectivity index (χ1) is 11.6. The predicted octanol–water partition coefficient (Wildman–Crippen LogP) is 2.85. The van der Waals surface area contributed by atoms with E-state index in [2.05, 4.69) is 15.5 Å². The molecular weight excluding hydrogens is 318 g/mol. The highest BCUT2D eigenvalue weighted by Gasteiger charge is 2.30. The third-order valence-corrected chi connectivity index (χ3v) is 3.60. The summed E-state index contributed by atoms with van der Waals surface area (Å²) in [7, 11) is 0. The lowest BCUT2D eigenvalue weighted by Gasteiger charge is -2.36. The van der Waals surface area contributed by atoms with Crippen molar-refractivity contribution in [3.8, 4) is 0 Å². The molecule has 0 unspecified atom stereocenters. The average molecular weight is 347 g/mol. The standard InChI is InChI=1S/C18H29N5O2/c1-17(2,3)23(16(24)25-18(4,5)6)12-10-19-13-15-21-20-14-9-7-8-11-22(14)15/h7-9,11,19H,10,12-13H2,1-6H3. The van der Waals surface area contributed by atoms with Gasteiger partial charge in [0.15, 0.2) is 11.5 Å². The second-order valence-corrected chi connectivity index (χ2v) is 8.02. The minimum Gasteiger partial charge on any atom is -0.444 e. The molecule has 138 valence electrons. The topological polar surface area (TPSA) is 71.8 Å². The highest BCUT2D eigenvalue weighted by atomic mass is 16.6. The van der Waals surface area contributed by atoms with Gasteiger partial charge in [-0.2, -0.15) is 0 Å². The smallest absolute Gasteiger partial charge is 0.410 e. The van der Waals surface area contributed by atoms with Crippen LogP contribution < -0.4 is 5.32 Å². The molecule has 0 bridgehead atoms. The molecule has 1 N–H and O–H groups in total. The van der Waals surface area contributed by atoms with Crippen molar-refractivity contribution in [3.05, 3.63) is 30.2 Å². The minimum absolute atomic E-state index is 0.297. The number of nitrogens with zero attached hydrogens (tertiary/aromatic N) is 4. The molecule has 2 heterocycles. The Morgan fingerprint density at radius 1 is 1.20 bits per heavy atom. The number of ether oxygens (including phenoxy) is 1. The first-order valence-corrected chi connectivity index (χ1v) is 8.58. The fourth-order valence-electron chi connectivity index (χ4n) is 2.42. The van der Waals surface area contributed by atoms with Crippen LogP contribution in [-0.4, -0.2) is 49.8 Å². The van der Waals surface area contributed by atoms with E-state index in [-0.39, 0.29) is 11.6 Å². The van der Waals surface area contributed by atoms with Gasteiger partial charge in [-0.15, -0.1) is 10.2 Å². The van der Waals surface area contributed by atoms with E-state index < -0.39 is 5.60 Å². The van der Waals surface area contributed by atoms with Gasteiger partial charge < -0.3 is 15.0 Å². The van der Waals surface area contributed by atoms with Crippen LogP contribution in [0.25, 0.3) is 5.65 Å². The second-order valence-electron chi connectivity index (χ2n) is 8.02. The fourth-order valence-corrected chi connectivity index (χ4v) is 2.42. The van der Waals surface area contributed by atoms with E-state index in [0.29, 0.717) is 19.6 Å². The lowest BCUT2D eigenvalue weighted by Crippen LogP contribution is -2.50. The molecule has 1 amide bonds. The number of nitrogens with one attached hydrogen (secondary N) is 1. The van der Waals surface area contributed by atoms with Gasteiger partial charge in [0.05, 0.1) is 6.54 Å². The van der Waals surface area contributed by atoms with E-state index in [4.69, 9.17) is 4.74 Å². The Kier molecular flexibility index (Phi) is 5.67. The maximum absolute atomic E-state index is 12.5. The molecule has 0 aliphatic heterocycles. The number of hydrogen-bond acceptors (Lipinski definition) is 5. The summed E-state index contributed by atoms with van der Waals surface area (Å²) in [6.07, 6.45) is 1.64. The molecule has 25 heavy (non-hydrogen) atoms. The van der Waals surface area contributed by atoms with Gasteiger partial charge in [0, 0.05) is 24.8 Å². The molecule has 0 saturated carbocycles. The van der Waals surface area contributed by atoms with Crippen molar-refractivity contribution < 1.29 is 9.53 Å². The van der Waals surface area contributed by atoms with Crippen LogP contribution in [0.2, 0.25) is 0 Å². The molecule has 0 aliphatic carbocycles. The van der Waals surface area contributed by atoms with Crippen molar-refractivity contribution in [3.63, 3.8) is 0 Å². The van der Waals surface area contributed by atoms with Crippen LogP contribution in [0.1, 0.15) is 47.4 Å². The van der Waals surface area contributed by atoms with Crippen LogP contribution in [0, 0.1) is 0 Å². The van der Waals surface area contributed by atoms with Gasteiger partial charge in [-0.3, -0.25) is 4.40 Å². The summed E-state index contributed by atoms with van der Waals surface area (Å²) in [6.45, 7) is 13.4. The number of carbonyl (C=O) groups excluding carboxylic acids is 1. The summed E-state index contributed by atoms with van der Waals surface area (Å²) >= 11 is 0. The number of carbonyl (C=O) groups is 1. The van der Waals surface area contributed by atoms with Gasteiger partial charge in [-0.25, -0.2) is 4.79 Å². The van der Waals surface area contributed by atoms with Gasteiger partial charge in [-0.1, -0.05) is 6.07 Å². The van der Waals surface area contributed by atoms with Crippen molar-refractivity contribution in [2.75, 3.05) is 13.1 Å². The molecule has 0 radical (unpaired) electrons. The van der Waals surface area contributed by atoms with Crippen LogP contribution in [0.15, 0.2) is 24.4 Å². The molecule has 0 aromatic carbocycles. The van der Waals surface area contributed by atoms with E-state index in [1.54, 1.807) is 4.90 Å². The maximum Gasteiger partial charge on any atom is 0.410 e. The zero-order valence-electron chi connectivity index (χ0n) is 16.0. The minimum atomic E-state index is -0.506. The quantitative estimate of drug-likeness (QED) is 0.842. The Labute approximate surface area is 149 Å². The Hall–Kier alpha value is -2.15. The van der Waals surface area contributed by atoms with Gasteiger partial charge in [0.2, 0.25) is 0 Å². The molecule has 2 aromatic rings. The Morgan fingerprint density at radius 2 is 1.92 bits per heavy atom. The number of amides is 1. The summed E-state index contributed by atoms with van der Waals surface area (Å²) in [6, 6.07) is 5.80. The van der Waals surface area contributed by atoms with E-state index in [0.717, 1.165) is 11.5 Å². The van der Waals surface area contributed by atoms with Crippen molar-refractivity contribution in [2.24, 2.45) is 0 Å². The Balaban J connectivity index is 1.91. The first kappa shape index (κ1) is 19.2. The highest BCUT2D eigenvalue weighted by molar-refractivity contribution is 5.69. The number of aromatic nitrogens is 3. The van der Waals surface area contributed by atoms with Crippen LogP contribution in [0.3, 0.4) is 0 Å². The molecule has 0 aliphatic rings. The highest BCUT2D eigenvalue weighted by Crippen LogP contribution is 2.18. The van der Waals surface area contributed by atoms with Crippen molar-refractivity contribution in [2.45, 2.75) is 59.2 Å². The van der Waals surface area contributed by atoms with Gasteiger partial charge in [-0.05, 0) is 53.7 Å². The predicted molar refractivity (Wildman–Crippen MR) is 97.4 cm³/mol. The molecule has 0 saturated heterocycles. The molecule has 0 atom stereocenters. The molecule has 2 rings (SSSR count). The van der Waals surface area contributed by atoms with Crippen molar-refractivity contribution in [1.29, 1.82) is 0 Å². The number of pyridine rings is 1. The zero-order chi connectivity index (χ0) is 18.7. The summed E-state index contributed by atoms with van der Waals surface area (Å²) in [5.74, 6) is 0.843. The Bertz CT molecular complexity index is 712. The number of rotatable bonds is 5. The largest absolute Gasteiger partial charge is 0.444 e. The third-order valence-electron chi connectivity index (χ3n) is 3.60. The van der Waals surface area contributed by atoms with E-state index in [9.17, 15) is 4.79 Å². The van der Waals surface area contributed by atoms with E-state index in [1.807, 2.05) is 70.3 Å². The molecular formula is C18H29N5O2. The summed E-state index contributed by atoms with van der Waals surface area (Å²) in [4.78, 5) is 14.2. The van der Waals surface area contributed by atoms with Crippen molar-refractivity contribution in [1.82, 2.24) is 24.8 Å².